The van der Waals surface area contributed by atoms with Crippen LogP contribution in [0.15, 0.2) is 53.4 Å². The maximum atomic E-state index is 12.8. The Morgan fingerprint density at radius 2 is 1.62 bits per heavy atom. The van der Waals surface area contributed by atoms with Gasteiger partial charge in [0.25, 0.3) is 15.9 Å². The molecule has 1 saturated heterocycles. The number of amides is 1. The van der Waals surface area contributed by atoms with Gasteiger partial charge < -0.3 is 9.64 Å². The molecule has 0 aromatic heterocycles. The molecule has 3 rings (SSSR count). The van der Waals surface area contributed by atoms with E-state index >= 15 is 0 Å². The first kappa shape index (κ1) is 21.2. The Morgan fingerprint density at radius 3 is 2.17 bits per heavy atom. The Hall–Kier alpha value is -2.54. The quantitative estimate of drug-likeness (QED) is 0.772. The Bertz CT molecular complexity index is 930. The second kappa shape index (κ2) is 8.86. The molecular weight excluding hydrogens is 388 g/mol. The normalized spacial score (nSPS) is 19.6. The number of carbonyl (C=O) groups is 1. The molecule has 1 aliphatic rings. The van der Waals surface area contributed by atoms with Crippen LogP contribution in [0.1, 0.15) is 37.6 Å². The number of nitrogens with zero attached hydrogens (tertiary/aromatic N) is 1. The molecular formula is C22H28N2O4S. The summed E-state index contributed by atoms with van der Waals surface area (Å²) in [7, 11) is -3.71. The Kier molecular flexibility index (Phi) is 6.47. The monoisotopic (exact) mass is 416 g/mol. The van der Waals surface area contributed by atoms with Crippen molar-refractivity contribution in [2.75, 3.05) is 24.4 Å². The van der Waals surface area contributed by atoms with E-state index in [0.717, 1.165) is 19.5 Å². The van der Waals surface area contributed by atoms with Crippen molar-refractivity contribution in [1.29, 1.82) is 0 Å². The molecule has 1 aliphatic heterocycles. The summed E-state index contributed by atoms with van der Waals surface area (Å²) in [6.45, 7) is 8.23. The number of likely N-dealkylation sites (tertiary alicyclic amines) is 1. The van der Waals surface area contributed by atoms with Crippen LogP contribution in [0.25, 0.3) is 0 Å². The van der Waals surface area contributed by atoms with Crippen LogP contribution in [0.4, 0.5) is 5.69 Å². The predicted octanol–water partition coefficient (Wildman–Crippen LogP) is 4.00. The van der Waals surface area contributed by atoms with Gasteiger partial charge >= 0.3 is 0 Å². The molecule has 1 amide bonds. The zero-order valence-corrected chi connectivity index (χ0v) is 17.9. The van der Waals surface area contributed by atoms with Crippen LogP contribution < -0.4 is 9.46 Å². The molecule has 6 nitrogen and oxygen atoms in total. The highest BCUT2D eigenvalue weighted by atomic mass is 32.2. The lowest BCUT2D eigenvalue weighted by atomic mass is 9.91. The number of rotatable bonds is 6. The molecule has 1 fully saturated rings. The fraction of sp³-hybridized carbons (Fsp3) is 0.409. The minimum Gasteiger partial charge on any atom is -0.494 e. The molecule has 2 aromatic carbocycles. The number of hydrogen-bond acceptors (Lipinski definition) is 4. The Labute approximate surface area is 172 Å². The van der Waals surface area contributed by atoms with E-state index in [1.807, 2.05) is 11.8 Å². The molecule has 29 heavy (non-hydrogen) atoms. The number of piperidine rings is 1. The van der Waals surface area contributed by atoms with Crippen molar-refractivity contribution in [3.05, 3.63) is 54.1 Å². The molecule has 0 aliphatic carbocycles. The van der Waals surface area contributed by atoms with Crippen molar-refractivity contribution in [2.24, 2.45) is 11.8 Å². The van der Waals surface area contributed by atoms with Gasteiger partial charge in [-0.05, 0) is 73.7 Å². The van der Waals surface area contributed by atoms with Crippen LogP contribution >= 0.6 is 0 Å². The smallest absolute Gasteiger partial charge is 0.261 e. The summed E-state index contributed by atoms with van der Waals surface area (Å²) in [6.07, 6.45) is 1.13. The highest BCUT2D eigenvalue weighted by molar-refractivity contribution is 7.92. The van der Waals surface area contributed by atoms with Crippen LogP contribution in [-0.4, -0.2) is 38.9 Å². The van der Waals surface area contributed by atoms with Gasteiger partial charge in [0.15, 0.2) is 0 Å². The summed E-state index contributed by atoms with van der Waals surface area (Å²) in [5, 5.41) is 0. The summed E-state index contributed by atoms with van der Waals surface area (Å²) < 4.78 is 33.1. The van der Waals surface area contributed by atoms with Crippen molar-refractivity contribution in [3.8, 4) is 5.75 Å². The summed E-state index contributed by atoms with van der Waals surface area (Å²) in [5.41, 5.74) is 0.978. The molecule has 0 radical (unpaired) electrons. The number of benzene rings is 2. The Balaban J connectivity index is 1.69. The van der Waals surface area contributed by atoms with E-state index < -0.39 is 10.0 Å². The van der Waals surface area contributed by atoms with Gasteiger partial charge in [-0.3, -0.25) is 9.52 Å². The summed E-state index contributed by atoms with van der Waals surface area (Å²) in [4.78, 5) is 14.8. The number of anilines is 1. The average molecular weight is 417 g/mol. The molecule has 0 unspecified atom stereocenters. The lowest BCUT2D eigenvalue weighted by Crippen LogP contribution is -2.42. The number of carbonyl (C=O) groups excluding carboxylic acids is 1. The summed E-state index contributed by atoms with van der Waals surface area (Å²) >= 11 is 0. The molecule has 2 aromatic rings. The van der Waals surface area contributed by atoms with E-state index in [4.69, 9.17) is 4.74 Å². The first-order valence-electron chi connectivity index (χ1n) is 9.93. The molecule has 0 bridgehead atoms. The van der Waals surface area contributed by atoms with Crippen molar-refractivity contribution in [3.63, 3.8) is 0 Å². The first-order chi connectivity index (χ1) is 13.8. The van der Waals surface area contributed by atoms with E-state index in [-0.39, 0.29) is 10.8 Å². The first-order valence-corrected chi connectivity index (χ1v) is 11.4. The second-order valence-corrected chi connectivity index (χ2v) is 9.43. The van der Waals surface area contributed by atoms with E-state index in [2.05, 4.69) is 18.6 Å². The standard InChI is InChI=1S/C22H28N2O4S/c1-4-28-20-9-11-21(12-10-20)29(26,27)23-19-7-5-18(6-8-19)22(25)24-14-16(2)13-17(3)15-24/h5-12,16-17,23H,4,13-15H2,1-3H3/t16-,17-/m1/s1. The maximum Gasteiger partial charge on any atom is 0.261 e. The van der Waals surface area contributed by atoms with Crippen LogP contribution in [0.3, 0.4) is 0 Å². The molecule has 2 atom stereocenters. The van der Waals surface area contributed by atoms with Crippen molar-refractivity contribution >= 4 is 21.6 Å². The Morgan fingerprint density at radius 1 is 1.03 bits per heavy atom. The van der Waals surface area contributed by atoms with E-state index in [0.29, 0.717) is 35.4 Å². The SMILES string of the molecule is CCOc1ccc(S(=O)(=O)Nc2ccc(C(=O)N3C[C@H](C)C[C@@H](C)C3)cc2)cc1. The fourth-order valence-corrected chi connectivity index (χ4v) is 4.85. The van der Waals surface area contributed by atoms with Crippen molar-refractivity contribution in [1.82, 2.24) is 4.90 Å². The highest BCUT2D eigenvalue weighted by Crippen LogP contribution is 2.24. The van der Waals surface area contributed by atoms with E-state index in [9.17, 15) is 13.2 Å². The van der Waals surface area contributed by atoms with Crippen molar-refractivity contribution in [2.45, 2.75) is 32.1 Å². The number of sulfonamides is 1. The highest BCUT2D eigenvalue weighted by Gasteiger charge is 2.26. The maximum absolute atomic E-state index is 12.8. The third-order valence-electron chi connectivity index (χ3n) is 4.99. The number of ether oxygens (including phenoxy) is 1. The van der Waals surface area contributed by atoms with Crippen LogP contribution in [0, 0.1) is 11.8 Å². The van der Waals surface area contributed by atoms with Crippen LogP contribution in [0.2, 0.25) is 0 Å². The molecule has 7 heteroatoms. The largest absolute Gasteiger partial charge is 0.494 e. The zero-order chi connectivity index (χ0) is 21.0. The summed E-state index contributed by atoms with van der Waals surface area (Å²) in [5.74, 6) is 1.59. The molecule has 156 valence electrons. The van der Waals surface area contributed by atoms with Gasteiger partial charge in [-0.2, -0.15) is 0 Å². The third kappa shape index (κ3) is 5.29. The van der Waals surface area contributed by atoms with Gasteiger partial charge in [-0.15, -0.1) is 0 Å². The van der Waals surface area contributed by atoms with Crippen LogP contribution in [-0.2, 0) is 10.0 Å². The number of nitrogens with one attached hydrogen (secondary N) is 1. The molecule has 1 N–H and O–H groups in total. The number of hydrogen-bond donors (Lipinski definition) is 1. The molecule has 0 spiro atoms. The van der Waals surface area contributed by atoms with E-state index in [1.54, 1.807) is 36.4 Å². The summed E-state index contributed by atoms with van der Waals surface area (Å²) in [6, 6.07) is 12.8. The van der Waals surface area contributed by atoms with Gasteiger partial charge in [0.1, 0.15) is 5.75 Å². The van der Waals surface area contributed by atoms with Gasteiger partial charge in [-0.1, -0.05) is 13.8 Å². The fourth-order valence-electron chi connectivity index (χ4n) is 3.79. The molecule has 1 heterocycles. The lowest BCUT2D eigenvalue weighted by Gasteiger charge is -2.35. The third-order valence-corrected chi connectivity index (χ3v) is 6.38. The van der Waals surface area contributed by atoms with Crippen LogP contribution in [0.5, 0.6) is 5.75 Å². The van der Waals surface area contributed by atoms with Gasteiger partial charge in [0.2, 0.25) is 0 Å². The van der Waals surface area contributed by atoms with Crippen molar-refractivity contribution < 1.29 is 17.9 Å². The van der Waals surface area contributed by atoms with Gasteiger partial charge in [-0.25, -0.2) is 8.42 Å². The minimum atomic E-state index is -3.71. The predicted molar refractivity (Wildman–Crippen MR) is 114 cm³/mol. The van der Waals surface area contributed by atoms with E-state index in [1.165, 1.54) is 12.1 Å². The van der Waals surface area contributed by atoms with Gasteiger partial charge in [0.05, 0.1) is 11.5 Å². The average Bonchev–Trinajstić information content (AvgIpc) is 2.68. The minimum absolute atomic E-state index is 0.00989. The van der Waals surface area contributed by atoms with Gasteiger partial charge in [0, 0.05) is 24.3 Å². The topological polar surface area (TPSA) is 75.7 Å². The zero-order valence-electron chi connectivity index (χ0n) is 17.1. The lowest BCUT2D eigenvalue weighted by molar-refractivity contribution is 0.0623. The molecule has 0 saturated carbocycles. The second-order valence-electron chi connectivity index (χ2n) is 7.74.